The van der Waals surface area contributed by atoms with Crippen LogP contribution in [0.25, 0.3) is 0 Å². The third-order valence-corrected chi connectivity index (χ3v) is 2.07. The van der Waals surface area contributed by atoms with E-state index in [9.17, 15) is 14.4 Å². The Balaban J connectivity index is 4.30. The molecule has 0 aromatic rings. The van der Waals surface area contributed by atoms with E-state index >= 15 is 0 Å². The van der Waals surface area contributed by atoms with Gasteiger partial charge in [-0.05, 0) is 13.8 Å². The fourth-order valence-electron chi connectivity index (χ4n) is 1.15. The van der Waals surface area contributed by atoms with Crippen molar-refractivity contribution in [3.05, 3.63) is 0 Å². The standard InChI is InChI=1S/C10H18N2O3/c1-5-12(6-2)9(14)7-8(13)10(15)11(3)4/h5-7H2,1-4H3. The lowest BCUT2D eigenvalue weighted by atomic mass is 10.2. The zero-order chi connectivity index (χ0) is 12.0. The smallest absolute Gasteiger partial charge is 0.289 e. The second-order valence-corrected chi connectivity index (χ2v) is 3.37. The molecular weight excluding hydrogens is 196 g/mol. The van der Waals surface area contributed by atoms with Crippen molar-refractivity contribution in [2.45, 2.75) is 20.3 Å². The van der Waals surface area contributed by atoms with Crippen molar-refractivity contribution in [2.24, 2.45) is 0 Å². The fraction of sp³-hybridized carbons (Fsp3) is 0.700. The van der Waals surface area contributed by atoms with Crippen molar-refractivity contribution < 1.29 is 14.4 Å². The van der Waals surface area contributed by atoms with Crippen LogP contribution in [0.3, 0.4) is 0 Å². The predicted octanol–water partition coefficient (Wildman–Crippen LogP) is -0.0978. The number of carbonyl (C=O) groups is 3. The average Bonchev–Trinajstić information content (AvgIpc) is 2.18. The van der Waals surface area contributed by atoms with Gasteiger partial charge in [-0.2, -0.15) is 0 Å². The lowest BCUT2D eigenvalue weighted by molar-refractivity contribution is -0.146. The molecular formula is C10H18N2O3. The molecule has 0 bridgehead atoms. The maximum absolute atomic E-state index is 11.5. The van der Waals surface area contributed by atoms with Crippen LogP contribution < -0.4 is 0 Å². The van der Waals surface area contributed by atoms with E-state index in [1.807, 2.05) is 13.8 Å². The minimum Gasteiger partial charge on any atom is -0.343 e. The van der Waals surface area contributed by atoms with E-state index in [4.69, 9.17) is 0 Å². The summed E-state index contributed by atoms with van der Waals surface area (Å²) in [7, 11) is 2.98. The van der Waals surface area contributed by atoms with Gasteiger partial charge in [0.25, 0.3) is 5.91 Å². The van der Waals surface area contributed by atoms with Gasteiger partial charge in [0, 0.05) is 27.2 Å². The first-order valence-electron chi connectivity index (χ1n) is 4.96. The van der Waals surface area contributed by atoms with Gasteiger partial charge in [0.1, 0.15) is 0 Å². The molecule has 0 atom stereocenters. The molecule has 0 aromatic carbocycles. The molecule has 0 unspecified atom stereocenters. The van der Waals surface area contributed by atoms with E-state index in [1.54, 1.807) is 0 Å². The number of likely N-dealkylation sites (N-methyl/N-ethyl adjacent to an activating group) is 1. The molecule has 0 aliphatic heterocycles. The lowest BCUT2D eigenvalue weighted by Crippen LogP contribution is -2.36. The second kappa shape index (κ2) is 6.16. The summed E-state index contributed by atoms with van der Waals surface area (Å²) in [5.74, 6) is -1.58. The summed E-state index contributed by atoms with van der Waals surface area (Å²) in [6.07, 6.45) is -0.335. The van der Waals surface area contributed by atoms with E-state index < -0.39 is 11.7 Å². The zero-order valence-electron chi connectivity index (χ0n) is 9.74. The van der Waals surface area contributed by atoms with E-state index in [2.05, 4.69) is 0 Å². The monoisotopic (exact) mass is 214 g/mol. The summed E-state index contributed by atoms with van der Waals surface area (Å²) in [5, 5.41) is 0. The number of Topliss-reactive ketones (excluding diaryl/α,β-unsaturated/α-hetero) is 1. The number of nitrogens with zero attached hydrogens (tertiary/aromatic N) is 2. The highest BCUT2D eigenvalue weighted by atomic mass is 16.2. The number of amides is 2. The highest BCUT2D eigenvalue weighted by Crippen LogP contribution is 1.96. The Morgan fingerprint density at radius 1 is 1.00 bits per heavy atom. The Morgan fingerprint density at radius 3 is 1.80 bits per heavy atom. The summed E-state index contributed by atoms with van der Waals surface area (Å²) in [5.41, 5.74) is 0. The Labute approximate surface area is 90.0 Å². The van der Waals surface area contributed by atoms with Crippen LogP contribution in [0.5, 0.6) is 0 Å². The van der Waals surface area contributed by atoms with Crippen LogP contribution in [0.4, 0.5) is 0 Å². The number of rotatable bonds is 5. The number of ketones is 1. The molecule has 0 heterocycles. The third-order valence-electron chi connectivity index (χ3n) is 2.07. The van der Waals surface area contributed by atoms with E-state index in [-0.39, 0.29) is 12.3 Å². The topological polar surface area (TPSA) is 57.7 Å². The first kappa shape index (κ1) is 13.6. The van der Waals surface area contributed by atoms with Gasteiger partial charge in [-0.3, -0.25) is 14.4 Å². The second-order valence-electron chi connectivity index (χ2n) is 3.37. The third kappa shape index (κ3) is 4.10. The highest BCUT2D eigenvalue weighted by molar-refractivity contribution is 6.39. The number of carbonyl (C=O) groups excluding carboxylic acids is 3. The molecule has 0 spiro atoms. The molecule has 0 aliphatic carbocycles. The molecule has 0 radical (unpaired) electrons. The SMILES string of the molecule is CCN(CC)C(=O)CC(=O)C(=O)N(C)C. The van der Waals surface area contributed by atoms with Crippen molar-refractivity contribution in [2.75, 3.05) is 27.2 Å². The molecule has 86 valence electrons. The van der Waals surface area contributed by atoms with Crippen LogP contribution in [0.1, 0.15) is 20.3 Å². The molecule has 5 heteroatoms. The lowest BCUT2D eigenvalue weighted by Gasteiger charge is -2.18. The van der Waals surface area contributed by atoms with Gasteiger partial charge in [-0.25, -0.2) is 0 Å². The van der Waals surface area contributed by atoms with Gasteiger partial charge in [-0.1, -0.05) is 0 Å². The van der Waals surface area contributed by atoms with E-state index in [0.717, 1.165) is 0 Å². The zero-order valence-corrected chi connectivity index (χ0v) is 9.74. The van der Waals surface area contributed by atoms with Gasteiger partial charge in [-0.15, -0.1) is 0 Å². The summed E-state index contributed by atoms with van der Waals surface area (Å²) < 4.78 is 0. The quantitative estimate of drug-likeness (QED) is 0.474. The molecule has 0 aromatic heterocycles. The van der Waals surface area contributed by atoms with Crippen molar-refractivity contribution in [1.82, 2.24) is 9.80 Å². The molecule has 0 saturated carbocycles. The largest absolute Gasteiger partial charge is 0.343 e. The molecule has 15 heavy (non-hydrogen) atoms. The maximum Gasteiger partial charge on any atom is 0.289 e. The Morgan fingerprint density at radius 2 is 1.47 bits per heavy atom. The van der Waals surface area contributed by atoms with Crippen LogP contribution in [0.15, 0.2) is 0 Å². The van der Waals surface area contributed by atoms with Gasteiger partial charge in [0.15, 0.2) is 0 Å². The maximum atomic E-state index is 11.5. The summed E-state index contributed by atoms with van der Waals surface area (Å²) >= 11 is 0. The Hall–Kier alpha value is -1.39. The van der Waals surface area contributed by atoms with Gasteiger partial charge >= 0.3 is 0 Å². The van der Waals surface area contributed by atoms with E-state index in [0.29, 0.717) is 13.1 Å². The minimum atomic E-state index is -0.656. The predicted molar refractivity (Wildman–Crippen MR) is 56.2 cm³/mol. The normalized spacial score (nSPS) is 9.60. The van der Waals surface area contributed by atoms with Gasteiger partial charge in [0.05, 0.1) is 6.42 Å². The molecule has 0 saturated heterocycles. The van der Waals surface area contributed by atoms with Gasteiger partial charge in [0.2, 0.25) is 11.7 Å². The first-order chi connectivity index (χ1) is 6.93. The summed E-state index contributed by atoms with van der Waals surface area (Å²) in [4.78, 5) is 36.7. The highest BCUT2D eigenvalue weighted by Gasteiger charge is 2.21. The van der Waals surface area contributed by atoms with Crippen LogP contribution in [-0.4, -0.2) is 54.6 Å². The molecule has 0 N–H and O–H groups in total. The fourth-order valence-corrected chi connectivity index (χ4v) is 1.15. The van der Waals surface area contributed by atoms with E-state index in [1.165, 1.54) is 23.9 Å². The van der Waals surface area contributed by atoms with Crippen molar-refractivity contribution in [1.29, 1.82) is 0 Å². The van der Waals surface area contributed by atoms with Crippen molar-refractivity contribution in [3.8, 4) is 0 Å². The number of hydrogen-bond acceptors (Lipinski definition) is 3. The molecule has 2 amide bonds. The van der Waals surface area contributed by atoms with Crippen LogP contribution in [0.2, 0.25) is 0 Å². The molecule has 0 aliphatic rings. The van der Waals surface area contributed by atoms with Crippen LogP contribution in [0, 0.1) is 0 Å². The minimum absolute atomic E-state index is 0.291. The summed E-state index contributed by atoms with van der Waals surface area (Å²) in [6, 6.07) is 0. The van der Waals surface area contributed by atoms with Crippen molar-refractivity contribution in [3.63, 3.8) is 0 Å². The first-order valence-corrected chi connectivity index (χ1v) is 4.96. The summed E-state index contributed by atoms with van der Waals surface area (Å²) in [6.45, 7) is 4.77. The van der Waals surface area contributed by atoms with Crippen LogP contribution >= 0.6 is 0 Å². The number of hydrogen-bond donors (Lipinski definition) is 0. The molecule has 5 nitrogen and oxygen atoms in total. The van der Waals surface area contributed by atoms with Crippen LogP contribution in [-0.2, 0) is 14.4 Å². The Bertz CT molecular complexity index is 257. The Kier molecular flexibility index (Phi) is 5.59. The molecule has 0 fully saturated rings. The van der Waals surface area contributed by atoms with Gasteiger partial charge < -0.3 is 9.80 Å². The molecule has 0 rings (SSSR count). The van der Waals surface area contributed by atoms with Crippen molar-refractivity contribution >= 4 is 17.6 Å². The average molecular weight is 214 g/mol.